The lowest BCUT2D eigenvalue weighted by Gasteiger charge is -2.34. The molecule has 3 aromatic heterocycles. The van der Waals surface area contributed by atoms with Crippen LogP contribution in [0.25, 0.3) is 5.78 Å². The van der Waals surface area contributed by atoms with E-state index in [1.54, 1.807) is 10.8 Å². The van der Waals surface area contributed by atoms with Crippen molar-refractivity contribution in [1.82, 2.24) is 29.4 Å². The molecule has 0 N–H and O–H groups in total. The van der Waals surface area contributed by atoms with Gasteiger partial charge in [0.05, 0.1) is 24.9 Å². The predicted molar refractivity (Wildman–Crippen MR) is 89.2 cm³/mol. The third-order valence-electron chi connectivity index (χ3n) is 4.30. The molecular formula is C16H21N7O. The van der Waals surface area contributed by atoms with Crippen LogP contribution in [0.2, 0.25) is 0 Å². The second-order valence-corrected chi connectivity index (χ2v) is 6.28. The van der Waals surface area contributed by atoms with E-state index >= 15 is 0 Å². The maximum atomic E-state index is 5.96. The van der Waals surface area contributed by atoms with Gasteiger partial charge in [-0.25, -0.2) is 4.98 Å². The van der Waals surface area contributed by atoms with Gasteiger partial charge in [-0.15, -0.1) is 0 Å². The molecule has 0 saturated carbocycles. The highest BCUT2D eigenvalue weighted by Crippen LogP contribution is 2.20. The molecule has 0 radical (unpaired) electrons. The first-order chi connectivity index (χ1) is 11.6. The highest BCUT2D eigenvalue weighted by Gasteiger charge is 2.24. The zero-order valence-electron chi connectivity index (χ0n) is 14.2. The van der Waals surface area contributed by atoms with Crippen molar-refractivity contribution in [2.75, 3.05) is 24.6 Å². The van der Waals surface area contributed by atoms with Gasteiger partial charge in [-0.3, -0.25) is 4.68 Å². The van der Waals surface area contributed by atoms with Crippen LogP contribution in [0.3, 0.4) is 0 Å². The van der Waals surface area contributed by atoms with Gasteiger partial charge in [0, 0.05) is 30.5 Å². The molecular weight excluding hydrogens is 306 g/mol. The summed E-state index contributed by atoms with van der Waals surface area (Å²) in [7, 11) is 0. The summed E-state index contributed by atoms with van der Waals surface area (Å²) in [6, 6.07) is 4.14. The lowest BCUT2D eigenvalue weighted by Crippen LogP contribution is -2.45. The molecule has 3 aromatic rings. The number of ether oxygens (including phenoxy) is 1. The fourth-order valence-electron chi connectivity index (χ4n) is 3.23. The molecule has 0 aliphatic carbocycles. The van der Waals surface area contributed by atoms with Gasteiger partial charge in [0.15, 0.2) is 0 Å². The van der Waals surface area contributed by atoms with Crippen molar-refractivity contribution < 1.29 is 4.74 Å². The minimum Gasteiger partial charge on any atom is -0.373 e. The number of morpholine rings is 1. The van der Waals surface area contributed by atoms with Crippen LogP contribution in [0.1, 0.15) is 17.1 Å². The number of rotatable bonds is 3. The fourth-order valence-corrected chi connectivity index (χ4v) is 3.23. The van der Waals surface area contributed by atoms with Crippen molar-refractivity contribution >= 4 is 11.6 Å². The highest BCUT2D eigenvalue weighted by atomic mass is 16.5. The van der Waals surface area contributed by atoms with E-state index < -0.39 is 0 Å². The largest absolute Gasteiger partial charge is 0.373 e. The van der Waals surface area contributed by atoms with Crippen molar-refractivity contribution in [3.63, 3.8) is 0 Å². The Labute approximate surface area is 140 Å². The van der Waals surface area contributed by atoms with Gasteiger partial charge in [0.2, 0.25) is 0 Å². The zero-order valence-corrected chi connectivity index (χ0v) is 14.2. The van der Waals surface area contributed by atoms with Crippen molar-refractivity contribution in [1.29, 1.82) is 0 Å². The van der Waals surface area contributed by atoms with Crippen LogP contribution >= 0.6 is 0 Å². The van der Waals surface area contributed by atoms with E-state index in [1.807, 2.05) is 24.6 Å². The van der Waals surface area contributed by atoms with Crippen LogP contribution in [0.15, 0.2) is 18.5 Å². The maximum absolute atomic E-state index is 5.96. The quantitative estimate of drug-likeness (QED) is 0.718. The Morgan fingerprint density at radius 2 is 2.08 bits per heavy atom. The van der Waals surface area contributed by atoms with Crippen LogP contribution in [0, 0.1) is 20.8 Å². The first-order valence-electron chi connectivity index (χ1n) is 8.15. The van der Waals surface area contributed by atoms with Crippen molar-refractivity contribution in [3.05, 3.63) is 35.5 Å². The molecule has 1 unspecified atom stereocenters. The first kappa shape index (κ1) is 15.1. The second-order valence-electron chi connectivity index (χ2n) is 6.28. The van der Waals surface area contributed by atoms with Gasteiger partial charge in [-0.1, -0.05) is 0 Å². The number of nitrogens with zero attached hydrogens (tertiary/aromatic N) is 7. The molecule has 0 amide bonds. The molecule has 24 heavy (non-hydrogen) atoms. The third-order valence-corrected chi connectivity index (χ3v) is 4.30. The minimum absolute atomic E-state index is 0.0868. The summed E-state index contributed by atoms with van der Waals surface area (Å²) >= 11 is 0. The monoisotopic (exact) mass is 327 g/mol. The molecule has 1 atom stereocenters. The van der Waals surface area contributed by atoms with Crippen molar-refractivity contribution in [3.8, 4) is 0 Å². The van der Waals surface area contributed by atoms with Crippen LogP contribution in [0.4, 0.5) is 5.82 Å². The molecule has 1 aliphatic rings. The van der Waals surface area contributed by atoms with E-state index in [9.17, 15) is 0 Å². The number of fused-ring (bicyclic) bond motifs is 1. The molecule has 4 heterocycles. The average molecular weight is 327 g/mol. The zero-order chi connectivity index (χ0) is 16.7. The van der Waals surface area contributed by atoms with Gasteiger partial charge in [0.1, 0.15) is 12.1 Å². The van der Waals surface area contributed by atoms with E-state index in [2.05, 4.69) is 38.1 Å². The fraction of sp³-hybridized carbons (Fsp3) is 0.500. The summed E-state index contributed by atoms with van der Waals surface area (Å²) in [5, 5.41) is 8.84. The highest BCUT2D eigenvalue weighted by molar-refractivity contribution is 5.47. The second kappa shape index (κ2) is 5.86. The minimum atomic E-state index is 0.0868. The Hall–Kier alpha value is -2.48. The first-order valence-corrected chi connectivity index (χ1v) is 8.15. The number of hydrogen-bond acceptors (Lipinski definition) is 6. The number of aryl methyl sites for hydroxylation is 3. The average Bonchev–Trinajstić information content (AvgIpc) is 3.13. The van der Waals surface area contributed by atoms with Crippen LogP contribution < -0.4 is 4.90 Å². The SMILES string of the molecule is Cc1cc(N2CCOC(Cn3nc(C)cc3C)C2)n2ncnc2n1. The lowest BCUT2D eigenvalue weighted by molar-refractivity contribution is 0.0266. The van der Waals surface area contributed by atoms with Crippen LogP contribution in [-0.2, 0) is 11.3 Å². The van der Waals surface area contributed by atoms with E-state index in [0.29, 0.717) is 12.4 Å². The summed E-state index contributed by atoms with van der Waals surface area (Å²) in [6.07, 6.45) is 1.63. The van der Waals surface area contributed by atoms with Crippen molar-refractivity contribution in [2.24, 2.45) is 0 Å². The van der Waals surface area contributed by atoms with Gasteiger partial charge in [0.25, 0.3) is 5.78 Å². The topological polar surface area (TPSA) is 73.4 Å². The third kappa shape index (κ3) is 2.73. The Balaban J connectivity index is 1.58. The van der Waals surface area contributed by atoms with E-state index in [-0.39, 0.29) is 6.10 Å². The molecule has 0 spiro atoms. The Kier molecular flexibility index (Phi) is 3.68. The Morgan fingerprint density at radius 3 is 2.88 bits per heavy atom. The Bertz CT molecular complexity index is 869. The lowest BCUT2D eigenvalue weighted by atomic mass is 10.2. The van der Waals surface area contributed by atoms with E-state index in [1.165, 1.54) is 0 Å². The number of anilines is 1. The number of aromatic nitrogens is 6. The molecule has 8 heteroatoms. The smallest absolute Gasteiger partial charge is 0.254 e. The summed E-state index contributed by atoms with van der Waals surface area (Å²) in [5.41, 5.74) is 3.13. The van der Waals surface area contributed by atoms with Gasteiger partial charge in [-0.05, 0) is 26.8 Å². The van der Waals surface area contributed by atoms with Crippen molar-refractivity contribution in [2.45, 2.75) is 33.4 Å². The van der Waals surface area contributed by atoms with E-state index in [0.717, 1.165) is 42.5 Å². The molecule has 0 aromatic carbocycles. The summed E-state index contributed by atoms with van der Waals surface area (Å²) in [4.78, 5) is 10.9. The standard InChI is InChI=1S/C16H21N7O/c1-11-7-15(23-16(19-11)17-10-18-23)21-4-5-24-14(8-21)9-22-13(3)6-12(2)20-22/h6-7,10,14H,4-5,8-9H2,1-3H3. The molecule has 0 bridgehead atoms. The maximum Gasteiger partial charge on any atom is 0.254 e. The Morgan fingerprint density at radius 1 is 1.21 bits per heavy atom. The molecule has 1 saturated heterocycles. The van der Waals surface area contributed by atoms with Gasteiger partial charge >= 0.3 is 0 Å². The summed E-state index contributed by atoms with van der Waals surface area (Å²) in [6.45, 7) is 9.11. The summed E-state index contributed by atoms with van der Waals surface area (Å²) in [5.74, 6) is 1.64. The molecule has 126 valence electrons. The molecule has 1 aliphatic heterocycles. The molecule has 1 fully saturated rings. The molecule has 8 nitrogen and oxygen atoms in total. The van der Waals surface area contributed by atoms with Gasteiger partial charge < -0.3 is 9.64 Å². The van der Waals surface area contributed by atoms with Crippen LogP contribution in [0.5, 0.6) is 0 Å². The normalized spacial score (nSPS) is 18.5. The number of hydrogen-bond donors (Lipinski definition) is 0. The molecule has 4 rings (SSSR count). The van der Waals surface area contributed by atoms with Crippen LogP contribution in [-0.4, -0.2) is 55.2 Å². The summed E-state index contributed by atoms with van der Waals surface area (Å²) < 4.78 is 9.77. The van der Waals surface area contributed by atoms with Gasteiger partial charge in [-0.2, -0.15) is 19.7 Å². The predicted octanol–water partition coefficient (Wildman–Crippen LogP) is 1.15. The van der Waals surface area contributed by atoms with E-state index in [4.69, 9.17) is 4.74 Å².